The Morgan fingerprint density at radius 2 is 1.64 bits per heavy atom. The van der Waals surface area contributed by atoms with E-state index in [1.165, 1.54) is 0 Å². The van der Waals surface area contributed by atoms with Crippen LogP contribution in [0.4, 0.5) is 26.3 Å². The molecule has 33 heavy (non-hydrogen) atoms. The van der Waals surface area contributed by atoms with E-state index in [0.29, 0.717) is 18.6 Å². The summed E-state index contributed by atoms with van der Waals surface area (Å²) in [5, 5.41) is 0.789. The van der Waals surface area contributed by atoms with Crippen LogP contribution < -0.4 is 5.73 Å². The fourth-order valence-corrected chi connectivity index (χ4v) is 3.96. The van der Waals surface area contributed by atoms with E-state index in [1.807, 2.05) is 24.3 Å². The number of carbonyl (C=O) groups is 1. The first-order valence-electron chi connectivity index (χ1n) is 9.81. The van der Waals surface area contributed by atoms with Crippen LogP contribution in [0.15, 0.2) is 48.7 Å². The summed E-state index contributed by atoms with van der Waals surface area (Å²) in [6, 6.07) is 8.21. The molecule has 1 amide bonds. The van der Waals surface area contributed by atoms with Crippen LogP contribution in [0.3, 0.4) is 0 Å². The summed E-state index contributed by atoms with van der Waals surface area (Å²) in [5.41, 5.74) is 4.87. The van der Waals surface area contributed by atoms with Gasteiger partial charge in [-0.2, -0.15) is 26.3 Å². The molecule has 1 atom stereocenters. The van der Waals surface area contributed by atoms with E-state index in [2.05, 4.69) is 20.9 Å². The third-order valence-electron chi connectivity index (χ3n) is 5.10. The molecule has 11 heteroatoms. The van der Waals surface area contributed by atoms with Crippen LogP contribution in [-0.4, -0.2) is 33.7 Å². The van der Waals surface area contributed by atoms with Gasteiger partial charge in [0.05, 0.1) is 16.5 Å². The smallest absolute Gasteiger partial charge is 0.361 e. The van der Waals surface area contributed by atoms with Crippen molar-refractivity contribution < 1.29 is 31.1 Å². The zero-order chi connectivity index (χ0) is 24.4. The summed E-state index contributed by atoms with van der Waals surface area (Å²) in [4.78, 5) is 16.7. The molecule has 0 fully saturated rings. The molecule has 0 saturated heterocycles. The third kappa shape index (κ3) is 6.29. The van der Waals surface area contributed by atoms with E-state index in [0.717, 1.165) is 21.4 Å². The van der Waals surface area contributed by atoms with Crippen molar-refractivity contribution >= 4 is 32.7 Å². The Kier molecular flexibility index (Phi) is 7.42. The Balaban J connectivity index is 1.84. The predicted molar refractivity (Wildman–Crippen MR) is 116 cm³/mol. The number of hydrogen-bond donors (Lipinski definition) is 2. The molecule has 0 aliphatic rings. The van der Waals surface area contributed by atoms with Crippen molar-refractivity contribution in [2.45, 2.75) is 31.4 Å². The fourth-order valence-electron chi connectivity index (χ4n) is 3.60. The lowest BCUT2D eigenvalue weighted by molar-refractivity contribution is -0.143. The second kappa shape index (κ2) is 9.76. The molecule has 1 aromatic heterocycles. The zero-order valence-electron chi connectivity index (χ0n) is 17.1. The summed E-state index contributed by atoms with van der Waals surface area (Å²) in [5.74, 6) is -0.504. The zero-order valence-corrected chi connectivity index (χ0v) is 18.7. The minimum atomic E-state index is -4.97. The topological polar surface area (TPSA) is 62.1 Å². The average molecular weight is 536 g/mol. The fraction of sp³-hybridized carbons (Fsp3) is 0.318. The van der Waals surface area contributed by atoms with E-state index in [-0.39, 0.29) is 23.5 Å². The number of nitrogens with two attached hydrogens (primary N) is 1. The number of aromatic nitrogens is 1. The number of carbonyl (C=O) groups excluding carboxylic acids is 1. The summed E-state index contributed by atoms with van der Waals surface area (Å²) in [7, 11) is 0. The molecule has 0 spiro atoms. The number of alkyl halides is 7. The molecule has 0 bridgehead atoms. The van der Waals surface area contributed by atoms with Crippen molar-refractivity contribution in [3.8, 4) is 0 Å². The van der Waals surface area contributed by atoms with Crippen molar-refractivity contribution in [1.82, 2.24) is 9.88 Å². The highest BCUT2D eigenvalue weighted by atomic mass is 79.9. The van der Waals surface area contributed by atoms with Crippen molar-refractivity contribution in [3.05, 3.63) is 70.9 Å². The standard InChI is InChI=1S/C22H20BrF6N3O/c23-9-20(33)32(12-17(30)7-14-10-31-19-4-2-1-3-18(14)19)11-13-5-15(21(24,25)26)8-16(6-13)22(27,28)29/h1-6,8,10,17,31H,7,9,11-12,30H2/t17-/m0/s1. The van der Waals surface area contributed by atoms with Gasteiger partial charge in [-0.3, -0.25) is 4.79 Å². The molecule has 0 aliphatic carbocycles. The molecule has 178 valence electrons. The van der Waals surface area contributed by atoms with Crippen molar-refractivity contribution in [2.24, 2.45) is 5.73 Å². The molecule has 4 nitrogen and oxygen atoms in total. The number of rotatable bonds is 7. The van der Waals surface area contributed by atoms with Gasteiger partial charge in [0.2, 0.25) is 5.91 Å². The highest BCUT2D eigenvalue weighted by Gasteiger charge is 2.37. The Morgan fingerprint density at radius 3 is 2.21 bits per heavy atom. The molecule has 0 aliphatic heterocycles. The molecule has 3 N–H and O–H groups in total. The first-order chi connectivity index (χ1) is 15.4. The molecule has 2 aromatic carbocycles. The quantitative estimate of drug-likeness (QED) is 0.310. The van der Waals surface area contributed by atoms with Gasteiger partial charge in [0.15, 0.2) is 0 Å². The molecular formula is C22H20BrF6N3O. The van der Waals surface area contributed by atoms with Gasteiger partial charge in [-0.05, 0) is 41.8 Å². The van der Waals surface area contributed by atoms with E-state index in [9.17, 15) is 31.1 Å². The lowest BCUT2D eigenvalue weighted by atomic mass is 10.0. The predicted octanol–water partition coefficient (Wildman–Crippen LogP) is 5.50. The van der Waals surface area contributed by atoms with E-state index >= 15 is 0 Å². The second-order valence-corrected chi connectivity index (χ2v) is 8.21. The van der Waals surface area contributed by atoms with Gasteiger partial charge in [0.1, 0.15) is 0 Å². The number of halogens is 7. The maximum atomic E-state index is 13.2. The molecule has 3 aromatic rings. The van der Waals surface area contributed by atoms with Crippen molar-refractivity contribution in [1.29, 1.82) is 0 Å². The number of benzene rings is 2. The third-order valence-corrected chi connectivity index (χ3v) is 5.58. The minimum absolute atomic E-state index is 0.0540. The van der Waals surface area contributed by atoms with Gasteiger partial charge < -0.3 is 15.6 Å². The SMILES string of the molecule is N[C@@H](Cc1c[nH]c2ccccc12)CN(Cc1cc(C(F)(F)F)cc(C(F)(F)F)c1)C(=O)CBr. The van der Waals surface area contributed by atoms with E-state index in [1.54, 1.807) is 6.20 Å². The number of H-pyrrole nitrogens is 1. The molecular weight excluding hydrogens is 516 g/mol. The van der Waals surface area contributed by atoms with Crippen LogP contribution in [0.2, 0.25) is 0 Å². The van der Waals surface area contributed by atoms with Crippen LogP contribution in [0.5, 0.6) is 0 Å². The number of nitrogens with one attached hydrogen (secondary N) is 1. The van der Waals surface area contributed by atoms with Gasteiger partial charge in [0, 0.05) is 36.2 Å². The number of para-hydroxylation sites is 1. The first kappa shape index (κ1) is 25.1. The number of hydrogen-bond acceptors (Lipinski definition) is 2. The molecule has 0 saturated carbocycles. The number of amides is 1. The average Bonchev–Trinajstić information content (AvgIpc) is 3.14. The van der Waals surface area contributed by atoms with Gasteiger partial charge in [0.25, 0.3) is 0 Å². The van der Waals surface area contributed by atoms with Gasteiger partial charge in [-0.1, -0.05) is 34.1 Å². The molecule has 0 unspecified atom stereocenters. The largest absolute Gasteiger partial charge is 0.416 e. The van der Waals surface area contributed by atoms with Gasteiger partial charge >= 0.3 is 12.4 Å². The van der Waals surface area contributed by atoms with Crippen LogP contribution in [0.1, 0.15) is 22.3 Å². The normalized spacial score (nSPS) is 13.3. The molecule has 0 radical (unpaired) electrons. The molecule has 3 rings (SSSR count). The van der Waals surface area contributed by atoms with E-state index < -0.39 is 42.0 Å². The monoisotopic (exact) mass is 535 g/mol. The number of nitrogens with zero attached hydrogens (tertiary/aromatic N) is 1. The highest BCUT2D eigenvalue weighted by molar-refractivity contribution is 9.09. The maximum absolute atomic E-state index is 13.2. The summed E-state index contributed by atoms with van der Waals surface area (Å²) >= 11 is 3.01. The van der Waals surface area contributed by atoms with Crippen molar-refractivity contribution in [2.75, 3.05) is 11.9 Å². The second-order valence-electron chi connectivity index (χ2n) is 7.65. The lowest BCUT2D eigenvalue weighted by Gasteiger charge is -2.26. The summed E-state index contributed by atoms with van der Waals surface area (Å²) in [6.45, 7) is -0.499. The Morgan fingerprint density at radius 1 is 1.03 bits per heavy atom. The van der Waals surface area contributed by atoms with Gasteiger partial charge in [-0.15, -0.1) is 0 Å². The van der Waals surface area contributed by atoms with Crippen LogP contribution in [0.25, 0.3) is 10.9 Å². The summed E-state index contributed by atoms with van der Waals surface area (Å²) in [6.07, 6.45) is -7.80. The van der Waals surface area contributed by atoms with Crippen LogP contribution in [0, 0.1) is 0 Å². The number of aromatic amines is 1. The van der Waals surface area contributed by atoms with Crippen molar-refractivity contribution in [3.63, 3.8) is 0 Å². The van der Waals surface area contributed by atoms with Crippen LogP contribution in [-0.2, 0) is 30.1 Å². The first-order valence-corrected chi connectivity index (χ1v) is 10.9. The Labute approximate surface area is 193 Å². The molecule has 1 heterocycles. The maximum Gasteiger partial charge on any atom is 0.416 e. The Hall–Kier alpha value is -2.53. The van der Waals surface area contributed by atoms with Gasteiger partial charge in [-0.25, -0.2) is 0 Å². The van der Waals surface area contributed by atoms with Crippen LogP contribution >= 0.6 is 15.9 Å². The Bertz CT molecular complexity index is 1090. The lowest BCUT2D eigenvalue weighted by Crippen LogP contribution is -2.42. The minimum Gasteiger partial charge on any atom is -0.361 e. The highest BCUT2D eigenvalue weighted by Crippen LogP contribution is 2.36. The van der Waals surface area contributed by atoms with E-state index in [4.69, 9.17) is 5.73 Å². The number of fused-ring (bicyclic) bond motifs is 1. The summed E-state index contributed by atoms with van der Waals surface area (Å²) < 4.78 is 79.0.